The average molecular weight is 416 g/mol. The molecule has 2 N–H and O–H groups in total. The molecule has 0 spiro atoms. The second-order valence-electron chi connectivity index (χ2n) is 7.37. The summed E-state index contributed by atoms with van der Waals surface area (Å²) >= 11 is 6.08. The number of likely N-dealkylation sites (tertiary alicyclic amines) is 1. The average Bonchev–Trinajstić information content (AvgIpc) is 3.10. The van der Waals surface area contributed by atoms with E-state index in [9.17, 15) is 9.18 Å². The summed E-state index contributed by atoms with van der Waals surface area (Å²) in [6, 6.07) is 12.1. The van der Waals surface area contributed by atoms with Crippen molar-refractivity contribution in [3.8, 4) is 5.75 Å². The maximum Gasteiger partial charge on any atom is 0.258 e. The minimum absolute atomic E-state index is 0.00715. The van der Waals surface area contributed by atoms with Gasteiger partial charge in [0.1, 0.15) is 5.82 Å². The van der Waals surface area contributed by atoms with Crippen LogP contribution < -0.4 is 10.1 Å². The highest BCUT2D eigenvalue weighted by Crippen LogP contribution is 2.29. The molecule has 152 valence electrons. The molecule has 0 saturated carbocycles. The van der Waals surface area contributed by atoms with Crippen molar-refractivity contribution in [2.24, 2.45) is 0 Å². The highest BCUT2D eigenvalue weighted by Gasteiger charge is 2.33. The molecule has 1 aromatic heterocycles. The summed E-state index contributed by atoms with van der Waals surface area (Å²) in [5.41, 5.74) is 1.25. The molecule has 3 aromatic rings. The van der Waals surface area contributed by atoms with E-state index >= 15 is 0 Å². The number of carbonyl (C=O) groups is 1. The van der Waals surface area contributed by atoms with Crippen LogP contribution in [0.15, 0.2) is 42.5 Å². The van der Waals surface area contributed by atoms with Crippen LogP contribution in [-0.2, 0) is 0 Å². The van der Waals surface area contributed by atoms with Gasteiger partial charge in [0.2, 0.25) is 0 Å². The first-order valence-corrected chi connectivity index (χ1v) is 10.0. The van der Waals surface area contributed by atoms with Crippen LogP contribution in [0.2, 0.25) is 5.02 Å². The molecule has 0 bridgehead atoms. The Morgan fingerprint density at radius 2 is 2.14 bits per heavy atom. The summed E-state index contributed by atoms with van der Waals surface area (Å²) in [5, 5.41) is 5.24. The molecular weight excluding hydrogens is 393 g/mol. The number of methoxy groups -OCH3 is 1. The summed E-state index contributed by atoms with van der Waals surface area (Å²) in [4.78, 5) is 18.3. The standard InChI is InChI=1S/C22H23ClFN3O2/c1-13-18(25-20-12-14-11-15(23)8-9-19(14)26-20)7-4-10-27(13)22(28)16-5-3-6-17(24)21(16)29-2/h3,5-6,8-9,11-13,18,25-26H,4,7,10H2,1-2H3/t13-,18-/m0/s1. The number of fused-ring (bicyclic) bond motifs is 1. The van der Waals surface area contributed by atoms with E-state index in [-0.39, 0.29) is 29.3 Å². The number of nitrogens with zero attached hydrogens (tertiary/aromatic N) is 1. The molecule has 2 heterocycles. The summed E-state index contributed by atoms with van der Waals surface area (Å²) in [5.74, 6) is 0.127. The van der Waals surface area contributed by atoms with Crippen LogP contribution in [0.25, 0.3) is 10.9 Å². The fourth-order valence-electron chi connectivity index (χ4n) is 4.04. The van der Waals surface area contributed by atoms with Crippen LogP contribution in [0.4, 0.5) is 10.2 Å². The molecule has 1 fully saturated rings. The van der Waals surface area contributed by atoms with Crippen molar-refractivity contribution in [3.63, 3.8) is 0 Å². The number of ether oxygens (including phenoxy) is 1. The molecule has 4 rings (SSSR count). The number of nitrogens with one attached hydrogen (secondary N) is 2. The van der Waals surface area contributed by atoms with Gasteiger partial charge >= 0.3 is 0 Å². The predicted octanol–water partition coefficient (Wildman–Crippen LogP) is 5.07. The fourth-order valence-corrected chi connectivity index (χ4v) is 4.22. The maximum absolute atomic E-state index is 14.0. The SMILES string of the molecule is COc1c(F)cccc1C(=O)N1CCC[C@H](Nc2cc3cc(Cl)ccc3[nH]2)[C@@H]1C. The topological polar surface area (TPSA) is 57.4 Å². The van der Waals surface area contributed by atoms with Crippen molar-refractivity contribution in [1.82, 2.24) is 9.88 Å². The predicted molar refractivity (Wildman–Crippen MR) is 113 cm³/mol. The molecule has 2 aromatic carbocycles. The molecule has 0 aliphatic carbocycles. The lowest BCUT2D eigenvalue weighted by Crippen LogP contribution is -2.52. The fraction of sp³-hybridized carbons (Fsp3) is 0.318. The molecular formula is C22H23ClFN3O2. The van der Waals surface area contributed by atoms with E-state index in [2.05, 4.69) is 10.3 Å². The van der Waals surface area contributed by atoms with Gasteiger partial charge in [-0.2, -0.15) is 0 Å². The summed E-state index contributed by atoms with van der Waals surface area (Å²) < 4.78 is 19.2. The molecule has 1 amide bonds. The number of hydrogen-bond acceptors (Lipinski definition) is 3. The summed E-state index contributed by atoms with van der Waals surface area (Å²) in [6.07, 6.45) is 1.79. The van der Waals surface area contributed by atoms with E-state index in [1.165, 1.54) is 19.2 Å². The number of H-pyrrole nitrogens is 1. The third-order valence-corrected chi connectivity index (χ3v) is 5.81. The quantitative estimate of drug-likeness (QED) is 0.625. The van der Waals surface area contributed by atoms with Crippen LogP contribution in [-0.4, -0.2) is 41.5 Å². The Labute approximate surface area is 173 Å². The number of aromatic amines is 1. The van der Waals surface area contributed by atoms with Gasteiger partial charge in [0.15, 0.2) is 11.6 Å². The van der Waals surface area contributed by atoms with Crippen LogP contribution in [0.3, 0.4) is 0 Å². The number of carbonyl (C=O) groups excluding carboxylic acids is 1. The third kappa shape index (κ3) is 3.77. The molecule has 2 atom stereocenters. The number of halogens is 2. The van der Waals surface area contributed by atoms with Crippen LogP contribution >= 0.6 is 11.6 Å². The van der Waals surface area contributed by atoms with Crippen molar-refractivity contribution in [2.45, 2.75) is 31.8 Å². The number of benzene rings is 2. The lowest BCUT2D eigenvalue weighted by molar-refractivity contribution is 0.0612. The Morgan fingerprint density at radius 1 is 1.31 bits per heavy atom. The molecule has 1 saturated heterocycles. The van der Waals surface area contributed by atoms with Gasteiger partial charge in [0.25, 0.3) is 5.91 Å². The zero-order chi connectivity index (χ0) is 20.5. The van der Waals surface area contributed by atoms with Crippen molar-refractivity contribution in [1.29, 1.82) is 0 Å². The molecule has 29 heavy (non-hydrogen) atoms. The zero-order valence-electron chi connectivity index (χ0n) is 16.3. The zero-order valence-corrected chi connectivity index (χ0v) is 17.1. The Balaban J connectivity index is 1.55. The second kappa shape index (κ2) is 7.95. The van der Waals surface area contributed by atoms with Crippen LogP contribution in [0.5, 0.6) is 5.75 Å². The van der Waals surface area contributed by atoms with E-state index in [4.69, 9.17) is 16.3 Å². The number of aromatic nitrogens is 1. The van der Waals surface area contributed by atoms with Gasteiger partial charge in [0.05, 0.1) is 12.7 Å². The van der Waals surface area contributed by atoms with Crippen molar-refractivity contribution in [3.05, 3.63) is 58.9 Å². The Kier molecular flexibility index (Phi) is 5.37. The molecule has 7 heteroatoms. The van der Waals surface area contributed by atoms with Gasteiger partial charge in [-0.25, -0.2) is 4.39 Å². The van der Waals surface area contributed by atoms with Gasteiger partial charge in [0, 0.05) is 34.6 Å². The highest BCUT2D eigenvalue weighted by atomic mass is 35.5. The normalized spacial score (nSPS) is 19.4. The molecule has 0 unspecified atom stereocenters. The minimum Gasteiger partial charge on any atom is -0.493 e. The van der Waals surface area contributed by atoms with E-state index in [0.29, 0.717) is 11.6 Å². The minimum atomic E-state index is -0.533. The summed E-state index contributed by atoms with van der Waals surface area (Å²) in [7, 11) is 1.38. The second-order valence-corrected chi connectivity index (χ2v) is 7.80. The Hall–Kier alpha value is -2.73. The molecule has 5 nitrogen and oxygen atoms in total. The number of anilines is 1. The maximum atomic E-state index is 14.0. The molecule has 1 aliphatic heterocycles. The van der Waals surface area contributed by atoms with E-state index in [1.807, 2.05) is 31.2 Å². The largest absolute Gasteiger partial charge is 0.493 e. The molecule has 1 aliphatic rings. The van der Waals surface area contributed by atoms with E-state index < -0.39 is 5.82 Å². The third-order valence-electron chi connectivity index (χ3n) is 5.57. The van der Waals surface area contributed by atoms with Gasteiger partial charge in [-0.15, -0.1) is 0 Å². The first-order valence-electron chi connectivity index (χ1n) is 9.66. The molecule has 0 radical (unpaired) electrons. The number of hydrogen-bond donors (Lipinski definition) is 2. The lowest BCUT2D eigenvalue weighted by atomic mass is 9.96. The van der Waals surface area contributed by atoms with Crippen LogP contribution in [0, 0.1) is 5.82 Å². The van der Waals surface area contributed by atoms with E-state index in [0.717, 1.165) is 29.6 Å². The smallest absolute Gasteiger partial charge is 0.258 e. The van der Waals surface area contributed by atoms with Gasteiger partial charge in [-0.05, 0) is 56.2 Å². The number of amides is 1. The highest BCUT2D eigenvalue weighted by molar-refractivity contribution is 6.31. The van der Waals surface area contributed by atoms with Gasteiger partial charge < -0.3 is 19.9 Å². The van der Waals surface area contributed by atoms with Crippen molar-refractivity contribution in [2.75, 3.05) is 19.0 Å². The number of para-hydroxylation sites is 1. The van der Waals surface area contributed by atoms with Crippen molar-refractivity contribution < 1.29 is 13.9 Å². The summed E-state index contributed by atoms with van der Waals surface area (Å²) in [6.45, 7) is 2.64. The number of rotatable bonds is 4. The van der Waals surface area contributed by atoms with E-state index in [1.54, 1.807) is 11.0 Å². The Bertz CT molecular complexity index is 1050. The van der Waals surface area contributed by atoms with Gasteiger partial charge in [-0.1, -0.05) is 17.7 Å². The number of piperidine rings is 1. The first kappa shape index (κ1) is 19.6. The monoisotopic (exact) mass is 415 g/mol. The first-order chi connectivity index (χ1) is 14.0. The van der Waals surface area contributed by atoms with Crippen LogP contribution in [0.1, 0.15) is 30.1 Å². The lowest BCUT2D eigenvalue weighted by Gasteiger charge is -2.40. The van der Waals surface area contributed by atoms with Gasteiger partial charge in [-0.3, -0.25) is 4.79 Å². The van der Waals surface area contributed by atoms with Crippen molar-refractivity contribution >= 4 is 34.2 Å². The Morgan fingerprint density at radius 3 is 2.93 bits per heavy atom.